The lowest BCUT2D eigenvalue weighted by atomic mass is 10.2. The van der Waals surface area contributed by atoms with Gasteiger partial charge >= 0.3 is 0 Å². The Labute approximate surface area is 97.8 Å². The molecule has 0 radical (unpaired) electrons. The Kier molecular flexibility index (Phi) is 5.13. The van der Waals surface area contributed by atoms with Crippen LogP contribution in [0.5, 0.6) is 5.75 Å². The van der Waals surface area contributed by atoms with Crippen LogP contribution in [0.15, 0.2) is 61.2 Å². The van der Waals surface area contributed by atoms with Gasteiger partial charge in [0.05, 0.1) is 0 Å². The van der Waals surface area contributed by atoms with Crippen LogP contribution in [0.4, 0.5) is 0 Å². The summed E-state index contributed by atoms with van der Waals surface area (Å²) in [6.45, 7) is 10.1. The van der Waals surface area contributed by atoms with E-state index in [0.717, 1.165) is 17.7 Å². The number of hydrogen-bond donors (Lipinski definition) is 0. The van der Waals surface area contributed by atoms with Crippen LogP contribution in [0.3, 0.4) is 0 Å². The molecule has 0 saturated heterocycles. The monoisotopic (exact) mass is 214 g/mol. The largest absolute Gasteiger partial charge is 0.489 e. The normalized spacial score (nSPS) is 10.3. The molecule has 84 valence electrons. The smallest absolute Gasteiger partial charge is 0.119 e. The summed E-state index contributed by atoms with van der Waals surface area (Å²) in [6, 6.07) is 8.14. The first-order valence-electron chi connectivity index (χ1n) is 5.45. The van der Waals surface area contributed by atoms with E-state index in [1.54, 1.807) is 6.08 Å². The van der Waals surface area contributed by atoms with E-state index in [1.807, 2.05) is 24.3 Å². The highest BCUT2D eigenvalue weighted by Crippen LogP contribution is 2.13. The number of rotatable bonds is 6. The molecule has 0 aliphatic carbocycles. The molecule has 16 heavy (non-hydrogen) atoms. The van der Waals surface area contributed by atoms with Crippen molar-refractivity contribution in [3.63, 3.8) is 0 Å². The molecule has 0 unspecified atom stereocenters. The van der Waals surface area contributed by atoms with Crippen molar-refractivity contribution in [2.45, 2.75) is 13.3 Å². The Bertz CT molecular complexity index is 371. The van der Waals surface area contributed by atoms with Crippen molar-refractivity contribution in [3.05, 3.63) is 66.8 Å². The molecule has 1 aromatic rings. The second kappa shape index (κ2) is 6.67. The molecule has 0 aromatic heterocycles. The topological polar surface area (TPSA) is 9.23 Å². The Balaban J connectivity index is 2.45. The van der Waals surface area contributed by atoms with E-state index >= 15 is 0 Å². The highest BCUT2D eigenvalue weighted by molar-refractivity contribution is 5.28. The predicted octanol–water partition coefficient (Wildman–Crippen LogP) is 3.93. The first-order chi connectivity index (χ1) is 7.76. The summed E-state index contributed by atoms with van der Waals surface area (Å²) in [5, 5.41) is 0. The zero-order valence-electron chi connectivity index (χ0n) is 9.78. The summed E-state index contributed by atoms with van der Waals surface area (Å²) in [6.07, 6.45) is 6.52. The van der Waals surface area contributed by atoms with Gasteiger partial charge in [-0.25, -0.2) is 0 Å². The van der Waals surface area contributed by atoms with Gasteiger partial charge < -0.3 is 4.74 Å². The Morgan fingerprint density at radius 3 is 2.56 bits per heavy atom. The number of allylic oxidation sites excluding steroid dienone is 2. The van der Waals surface area contributed by atoms with E-state index in [-0.39, 0.29) is 0 Å². The zero-order valence-corrected chi connectivity index (χ0v) is 9.78. The van der Waals surface area contributed by atoms with Crippen LogP contribution in [-0.4, -0.2) is 6.61 Å². The maximum absolute atomic E-state index is 5.58. The lowest BCUT2D eigenvalue weighted by molar-refractivity contribution is 0.356. The highest BCUT2D eigenvalue weighted by atomic mass is 16.5. The quantitative estimate of drug-likeness (QED) is 0.652. The molecule has 0 amide bonds. The molecule has 0 saturated carbocycles. The molecule has 0 bridgehead atoms. The molecule has 1 aromatic carbocycles. The van der Waals surface area contributed by atoms with E-state index in [0.29, 0.717) is 6.61 Å². The van der Waals surface area contributed by atoms with Gasteiger partial charge in [0.1, 0.15) is 12.4 Å². The fourth-order valence-electron chi connectivity index (χ4n) is 1.25. The molecule has 0 heterocycles. The number of ether oxygens (including phenoxy) is 1. The van der Waals surface area contributed by atoms with Crippen molar-refractivity contribution < 1.29 is 4.74 Å². The van der Waals surface area contributed by atoms with Gasteiger partial charge in [-0.05, 0) is 29.7 Å². The predicted molar refractivity (Wildman–Crippen MR) is 69.8 cm³/mol. The molecule has 0 aliphatic heterocycles. The number of hydrogen-bond acceptors (Lipinski definition) is 1. The van der Waals surface area contributed by atoms with Gasteiger partial charge in [0.25, 0.3) is 0 Å². The van der Waals surface area contributed by atoms with Crippen LogP contribution in [0, 0.1) is 0 Å². The minimum atomic E-state index is 0.510. The van der Waals surface area contributed by atoms with Crippen LogP contribution >= 0.6 is 0 Å². The average molecular weight is 214 g/mol. The minimum Gasteiger partial charge on any atom is -0.489 e. The standard InChI is InChI=1S/C15H18O/c1-4-6-7-13(3)12-16-15-10-8-14(5-2)9-11-15/h4,6-11H,1,3,5,12H2,2H3/b7-6-. The van der Waals surface area contributed by atoms with Gasteiger partial charge in [-0.2, -0.15) is 0 Å². The first-order valence-corrected chi connectivity index (χ1v) is 5.45. The Morgan fingerprint density at radius 2 is 2.00 bits per heavy atom. The van der Waals surface area contributed by atoms with Crippen LogP contribution in [-0.2, 0) is 6.42 Å². The van der Waals surface area contributed by atoms with Crippen LogP contribution in [0.25, 0.3) is 0 Å². The Morgan fingerprint density at radius 1 is 1.31 bits per heavy atom. The highest BCUT2D eigenvalue weighted by Gasteiger charge is 1.94. The van der Waals surface area contributed by atoms with Gasteiger partial charge in [-0.3, -0.25) is 0 Å². The third kappa shape index (κ3) is 4.18. The van der Waals surface area contributed by atoms with E-state index < -0.39 is 0 Å². The van der Waals surface area contributed by atoms with E-state index in [1.165, 1.54) is 5.56 Å². The molecule has 0 N–H and O–H groups in total. The molecular formula is C15H18O. The molecule has 0 aliphatic rings. The third-order valence-electron chi connectivity index (χ3n) is 2.22. The minimum absolute atomic E-state index is 0.510. The fourth-order valence-corrected chi connectivity index (χ4v) is 1.25. The first kappa shape index (κ1) is 12.3. The second-order valence-corrected chi connectivity index (χ2v) is 3.54. The zero-order chi connectivity index (χ0) is 11.8. The summed E-state index contributed by atoms with van der Waals surface area (Å²) in [5.74, 6) is 0.880. The van der Waals surface area contributed by atoms with Gasteiger partial charge in [0.2, 0.25) is 0 Å². The summed E-state index contributed by atoms with van der Waals surface area (Å²) < 4.78 is 5.58. The van der Waals surface area contributed by atoms with E-state index in [2.05, 4.69) is 32.2 Å². The van der Waals surface area contributed by atoms with Gasteiger partial charge in [0.15, 0.2) is 0 Å². The Hall–Kier alpha value is -1.76. The maximum Gasteiger partial charge on any atom is 0.119 e. The van der Waals surface area contributed by atoms with Gasteiger partial charge in [0, 0.05) is 0 Å². The third-order valence-corrected chi connectivity index (χ3v) is 2.22. The van der Waals surface area contributed by atoms with Crippen LogP contribution in [0.1, 0.15) is 12.5 Å². The summed E-state index contributed by atoms with van der Waals surface area (Å²) in [4.78, 5) is 0. The SMILES string of the molecule is C=C/C=C\C(=C)COc1ccc(CC)cc1. The van der Waals surface area contributed by atoms with Crippen molar-refractivity contribution in [1.29, 1.82) is 0 Å². The second-order valence-electron chi connectivity index (χ2n) is 3.54. The lowest BCUT2D eigenvalue weighted by Crippen LogP contribution is -1.98. The average Bonchev–Trinajstić information content (AvgIpc) is 2.34. The lowest BCUT2D eigenvalue weighted by Gasteiger charge is -2.06. The van der Waals surface area contributed by atoms with Crippen LogP contribution in [0.2, 0.25) is 0 Å². The number of aryl methyl sites for hydroxylation is 1. The molecule has 0 spiro atoms. The van der Waals surface area contributed by atoms with Crippen molar-refractivity contribution in [2.75, 3.05) is 6.61 Å². The molecule has 1 heteroatoms. The summed E-state index contributed by atoms with van der Waals surface area (Å²) in [7, 11) is 0. The van der Waals surface area contributed by atoms with Crippen molar-refractivity contribution in [2.24, 2.45) is 0 Å². The van der Waals surface area contributed by atoms with Crippen molar-refractivity contribution >= 4 is 0 Å². The fraction of sp³-hybridized carbons (Fsp3) is 0.200. The summed E-state index contributed by atoms with van der Waals surface area (Å²) >= 11 is 0. The van der Waals surface area contributed by atoms with E-state index in [9.17, 15) is 0 Å². The molecule has 1 nitrogen and oxygen atoms in total. The van der Waals surface area contributed by atoms with Crippen molar-refractivity contribution in [1.82, 2.24) is 0 Å². The molecule has 1 rings (SSSR count). The molecule has 0 atom stereocenters. The molecular weight excluding hydrogens is 196 g/mol. The summed E-state index contributed by atoms with van der Waals surface area (Å²) in [5.41, 5.74) is 2.25. The van der Waals surface area contributed by atoms with Gasteiger partial charge in [-0.1, -0.05) is 50.4 Å². The molecule has 0 fully saturated rings. The number of benzene rings is 1. The van der Waals surface area contributed by atoms with Crippen LogP contribution < -0.4 is 4.74 Å². The van der Waals surface area contributed by atoms with Crippen molar-refractivity contribution in [3.8, 4) is 5.75 Å². The maximum atomic E-state index is 5.58. The van der Waals surface area contributed by atoms with E-state index in [4.69, 9.17) is 4.74 Å². The van der Waals surface area contributed by atoms with Gasteiger partial charge in [-0.15, -0.1) is 0 Å².